The number of aromatic nitrogens is 4. The van der Waals surface area contributed by atoms with Crippen molar-refractivity contribution >= 4 is 17.5 Å². The number of piperazine rings is 1. The van der Waals surface area contributed by atoms with Gasteiger partial charge in [0.1, 0.15) is 12.1 Å². The molecule has 0 saturated carbocycles. The largest absolute Gasteiger partial charge is 0.353 e. The van der Waals surface area contributed by atoms with E-state index in [-0.39, 0.29) is 5.91 Å². The van der Waals surface area contributed by atoms with E-state index >= 15 is 0 Å². The van der Waals surface area contributed by atoms with Crippen LogP contribution in [0.4, 0.5) is 5.82 Å². The van der Waals surface area contributed by atoms with Crippen LogP contribution in [0.15, 0.2) is 12.4 Å². The molecule has 0 bridgehead atoms. The zero-order valence-corrected chi connectivity index (χ0v) is 11.8. The number of amides is 1. The summed E-state index contributed by atoms with van der Waals surface area (Å²) in [5.41, 5.74) is 1.01. The molecule has 0 N–H and O–H groups in total. The Morgan fingerprint density at radius 1 is 1.30 bits per heavy atom. The molecule has 0 spiro atoms. The summed E-state index contributed by atoms with van der Waals surface area (Å²) in [4.78, 5) is 24.1. The van der Waals surface area contributed by atoms with E-state index in [1.54, 1.807) is 11.4 Å². The fraction of sp³-hybridized carbons (Fsp3) is 0.538. The minimum atomic E-state index is 0.138. The molecule has 1 aliphatic rings. The van der Waals surface area contributed by atoms with Crippen LogP contribution in [-0.4, -0.2) is 56.6 Å². The molecule has 0 atom stereocenters. The van der Waals surface area contributed by atoms with Crippen molar-refractivity contribution in [1.82, 2.24) is 24.5 Å². The Bertz CT molecular complexity index is 629. The third kappa shape index (κ3) is 2.19. The lowest BCUT2D eigenvalue weighted by molar-refractivity contribution is -0.129. The lowest BCUT2D eigenvalue weighted by Crippen LogP contribution is -2.48. The maximum Gasteiger partial charge on any atom is 0.254 e. The van der Waals surface area contributed by atoms with Crippen LogP contribution in [0.25, 0.3) is 5.78 Å². The molecule has 7 heteroatoms. The lowest BCUT2D eigenvalue weighted by Gasteiger charge is -2.35. The Labute approximate surface area is 117 Å². The SMILES string of the molecule is CCc1cc(N2CCN(C(C)=O)CC2)n2ncnc2n1. The number of rotatable bonds is 2. The van der Waals surface area contributed by atoms with E-state index in [1.807, 2.05) is 4.90 Å². The van der Waals surface area contributed by atoms with Crippen molar-refractivity contribution in [3.63, 3.8) is 0 Å². The zero-order chi connectivity index (χ0) is 14.1. The van der Waals surface area contributed by atoms with Crippen LogP contribution in [0.2, 0.25) is 0 Å². The van der Waals surface area contributed by atoms with E-state index in [9.17, 15) is 4.79 Å². The molecular weight excluding hydrogens is 256 g/mol. The minimum absolute atomic E-state index is 0.138. The standard InChI is InChI=1S/C13H18N6O/c1-3-11-8-12(19-13(16-11)14-9-15-19)18-6-4-17(5-7-18)10(2)20/h8-9H,3-7H2,1-2H3. The van der Waals surface area contributed by atoms with Gasteiger partial charge in [-0.15, -0.1) is 0 Å². The van der Waals surface area contributed by atoms with Gasteiger partial charge in [-0.25, -0.2) is 4.98 Å². The highest BCUT2D eigenvalue weighted by Gasteiger charge is 2.21. The first kappa shape index (κ1) is 12.8. The van der Waals surface area contributed by atoms with Crippen LogP contribution in [-0.2, 0) is 11.2 Å². The molecule has 0 aliphatic carbocycles. The number of carbonyl (C=O) groups is 1. The van der Waals surface area contributed by atoms with E-state index in [1.165, 1.54) is 6.33 Å². The molecule has 3 rings (SSSR count). The number of aryl methyl sites for hydroxylation is 1. The van der Waals surface area contributed by atoms with Gasteiger partial charge in [0.05, 0.1) is 0 Å². The van der Waals surface area contributed by atoms with Crippen LogP contribution in [0, 0.1) is 0 Å². The molecule has 0 radical (unpaired) electrons. The number of nitrogens with zero attached hydrogens (tertiary/aromatic N) is 6. The summed E-state index contributed by atoms with van der Waals surface area (Å²) in [6.45, 7) is 6.80. The normalized spacial score (nSPS) is 15.9. The smallest absolute Gasteiger partial charge is 0.254 e. The van der Waals surface area contributed by atoms with Crippen molar-refractivity contribution in [3.05, 3.63) is 18.1 Å². The summed E-state index contributed by atoms with van der Waals surface area (Å²) in [7, 11) is 0. The first-order valence-corrected chi connectivity index (χ1v) is 6.89. The summed E-state index contributed by atoms with van der Waals surface area (Å²) < 4.78 is 1.77. The van der Waals surface area contributed by atoms with Crippen LogP contribution in [0.3, 0.4) is 0 Å². The van der Waals surface area contributed by atoms with Gasteiger partial charge < -0.3 is 9.80 Å². The fourth-order valence-electron chi connectivity index (χ4n) is 2.50. The van der Waals surface area contributed by atoms with Crippen LogP contribution < -0.4 is 4.90 Å². The Morgan fingerprint density at radius 3 is 2.70 bits per heavy atom. The topological polar surface area (TPSA) is 66.6 Å². The van der Waals surface area contributed by atoms with Gasteiger partial charge in [0.2, 0.25) is 5.91 Å². The van der Waals surface area contributed by atoms with Crippen molar-refractivity contribution in [1.29, 1.82) is 0 Å². The van der Waals surface area contributed by atoms with E-state index < -0.39 is 0 Å². The monoisotopic (exact) mass is 274 g/mol. The molecule has 1 aliphatic heterocycles. The second kappa shape index (κ2) is 5.07. The maximum absolute atomic E-state index is 11.4. The average molecular weight is 274 g/mol. The van der Waals surface area contributed by atoms with Gasteiger partial charge in [-0.1, -0.05) is 6.92 Å². The second-order valence-electron chi connectivity index (χ2n) is 4.92. The van der Waals surface area contributed by atoms with Gasteiger partial charge in [-0.3, -0.25) is 4.79 Å². The highest BCUT2D eigenvalue weighted by Crippen LogP contribution is 2.18. The van der Waals surface area contributed by atoms with Gasteiger partial charge in [-0.05, 0) is 6.42 Å². The van der Waals surface area contributed by atoms with Gasteiger partial charge >= 0.3 is 0 Å². The van der Waals surface area contributed by atoms with E-state index in [4.69, 9.17) is 0 Å². The van der Waals surface area contributed by atoms with Crippen molar-refractivity contribution in [2.24, 2.45) is 0 Å². The molecule has 1 amide bonds. The number of hydrogen-bond acceptors (Lipinski definition) is 5. The Balaban J connectivity index is 1.90. The molecule has 3 heterocycles. The molecule has 2 aromatic rings. The fourth-order valence-corrected chi connectivity index (χ4v) is 2.50. The molecule has 2 aromatic heterocycles. The van der Waals surface area contributed by atoms with Gasteiger partial charge in [0.15, 0.2) is 0 Å². The molecule has 20 heavy (non-hydrogen) atoms. The maximum atomic E-state index is 11.4. The molecule has 0 aromatic carbocycles. The van der Waals surface area contributed by atoms with Crippen LogP contribution in [0.5, 0.6) is 0 Å². The summed E-state index contributed by atoms with van der Waals surface area (Å²) in [5.74, 6) is 1.78. The Hall–Kier alpha value is -2.18. The summed E-state index contributed by atoms with van der Waals surface area (Å²) in [6.07, 6.45) is 2.39. The highest BCUT2D eigenvalue weighted by molar-refractivity contribution is 5.73. The zero-order valence-electron chi connectivity index (χ0n) is 11.8. The first-order chi connectivity index (χ1) is 9.69. The number of anilines is 1. The highest BCUT2D eigenvalue weighted by atomic mass is 16.2. The van der Waals surface area contributed by atoms with Crippen molar-refractivity contribution in [3.8, 4) is 0 Å². The van der Waals surface area contributed by atoms with Crippen molar-refractivity contribution < 1.29 is 4.79 Å². The minimum Gasteiger partial charge on any atom is -0.353 e. The molecular formula is C13H18N6O. The number of fused-ring (bicyclic) bond motifs is 1. The number of carbonyl (C=O) groups excluding carboxylic acids is 1. The quantitative estimate of drug-likeness (QED) is 0.791. The second-order valence-corrected chi connectivity index (χ2v) is 4.92. The average Bonchev–Trinajstić information content (AvgIpc) is 2.94. The third-order valence-corrected chi connectivity index (χ3v) is 3.70. The lowest BCUT2D eigenvalue weighted by atomic mass is 10.2. The summed E-state index contributed by atoms with van der Waals surface area (Å²) in [5, 5.41) is 4.24. The first-order valence-electron chi connectivity index (χ1n) is 6.89. The predicted molar refractivity (Wildman–Crippen MR) is 74.6 cm³/mol. The van der Waals surface area contributed by atoms with E-state index in [0.717, 1.165) is 44.1 Å². The Kier molecular flexibility index (Phi) is 3.25. The molecule has 106 valence electrons. The van der Waals surface area contributed by atoms with Crippen LogP contribution >= 0.6 is 0 Å². The Morgan fingerprint density at radius 2 is 2.05 bits per heavy atom. The van der Waals surface area contributed by atoms with Crippen LogP contribution in [0.1, 0.15) is 19.5 Å². The third-order valence-electron chi connectivity index (χ3n) is 3.70. The van der Waals surface area contributed by atoms with Gasteiger partial charge in [0.25, 0.3) is 5.78 Å². The van der Waals surface area contributed by atoms with Crippen molar-refractivity contribution in [2.75, 3.05) is 31.1 Å². The molecule has 1 fully saturated rings. The summed E-state index contributed by atoms with van der Waals surface area (Å²) in [6, 6.07) is 2.06. The molecule has 1 saturated heterocycles. The van der Waals surface area contributed by atoms with Gasteiger partial charge in [0, 0.05) is 44.9 Å². The van der Waals surface area contributed by atoms with E-state index in [2.05, 4.69) is 33.0 Å². The van der Waals surface area contributed by atoms with Gasteiger partial charge in [-0.2, -0.15) is 14.6 Å². The number of hydrogen-bond donors (Lipinski definition) is 0. The molecule has 7 nitrogen and oxygen atoms in total. The van der Waals surface area contributed by atoms with E-state index in [0.29, 0.717) is 5.78 Å². The van der Waals surface area contributed by atoms with Crippen molar-refractivity contribution in [2.45, 2.75) is 20.3 Å². The predicted octanol–water partition coefficient (Wildman–Crippen LogP) is 0.355. The summed E-state index contributed by atoms with van der Waals surface area (Å²) >= 11 is 0. The molecule has 0 unspecified atom stereocenters.